The van der Waals surface area contributed by atoms with Crippen LogP contribution >= 0.6 is 22.9 Å². The Kier molecular flexibility index (Phi) is 2.76. The van der Waals surface area contributed by atoms with E-state index in [4.69, 9.17) is 0 Å². The van der Waals surface area contributed by atoms with E-state index in [2.05, 4.69) is 39.8 Å². The van der Waals surface area contributed by atoms with Crippen LogP contribution in [0.5, 0.6) is 0 Å². The second-order valence-electron chi connectivity index (χ2n) is 3.16. The molecule has 0 aromatic carbocycles. The lowest BCUT2D eigenvalue weighted by molar-refractivity contribution is 0.406. The average molecular weight is 239 g/mol. The van der Waals surface area contributed by atoms with Crippen LogP contribution in [0.2, 0.25) is 0 Å². The monoisotopic (exact) mass is 239 g/mol. The normalized spacial score (nSPS) is 30.0. The Morgan fingerprint density at radius 2 is 2.22 bits per heavy atom. The molecule has 0 radical (unpaired) electrons. The summed E-state index contributed by atoms with van der Waals surface area (Å²) in [6, 6.07) is 0. The molecule has 0 saturated carbocycles. The summed E-state index contributed by atoms with van der Waals surface area (Å²) < 4.78 is 2.39. The summed E-state index contributed by atoms with van der Waals surface area (Å²) in [7, 11) is 0. The molecule has 2 heteroatoms. The van der Waals surface area contributed by atoms with E-state index < -0.39 is 0 Å². The molecule has 0 amide bonds. The molecule has 1 aliphatic rings. The number of nitrogens with zero attached hydrogens (tertiary/aromatic N) is 1. The number of halogens is 1. The minimum absolute atomic E-state index is 0.879. The van der Waals surface area contributed by atoms with E-state index in [0.717, 1.165) is 11.8 Å². The van der Waals surface area contributed by atoms with Crippen molar-refractivity contribution in [3.8, 4) is 0 Å². The topological polar surface area (TPSA) is 3.24 Å². The van der Waals surface area contributed by atoms with Crippen LogP contribution in [0.1, 0.15) is 20.3 Å². The highest BCUT2D eigenvalue weighted by Crippen LogP contribution is 2.25. The van der Waals surface area contributed by atoms with Gasteiger partial charge in [-0.05, 0) is 18.3 Å². The molecule has 1 nitrogen and oxygen atoms in total. The number of hydrogen-bond acceptors (Lipinski definition) is 1. The summed E-state index contributed by atoms with van der Waals surface area (Å²) in [5.74, 6) is 1.84. The van der Waals surface area contributed by atoms with E-state index in [0.29, 0.717) is 0 Å². The third-order valence-electron chi connectivity index (χ3n) is 2.12. The van der Waals surface area contributed by atoms with E-state index in [1.807, 2.05) is 0 Å². The Morgan fingerprint density at radius 1 is 1.56 bits per heavy atom. The van der Waals surface area contributed by atoms with Crippen LogP contribution in [-0.2, 0) is 0 Å². The van der Waals surface area contributed by atoms with E-state index in [9.17, 15) is 0 Å². The predicted octanol–water partition coefficient (Wildman–Crippen LogP) is 2.31. The lowest BCUT2D eigenvalue weighted by Crippen LogP contribution is -2.11. The van der Waals surface area contributed by atoms with E-state index >= 15 is 0 Å². The van der Waals surface area contributed by atoms with Gasteiger partial charge >= 0.3 is 0 Å². The smallest absolute Gasteiger partial charge is 0.0201 e. The number of hydrogen-bond donors (Lipinski definition) is 0. The van der Waals surface area contributed by atoms with Gasteiger partial charge in [0.05, 0.1) is 0 Å². The molecule has 1 atom stereocenters. The van der Waals surface area contributed by atoms with Crippen LogP contribution in [0.15, 0.2) is 0 Å². The fourth-order valence-corrected chi connectivity index (χ4v) is 2.07. The fraction of sp³-hybridized carbons (Fsp3) is 1.00. The lowest BCUT2D eigenvalue weighted by atomic mass is 9.96. The zero-order valence-electron chi connectivity index (χ0n) is 6.10. The van der Waals surface area contributed by atoms with E-state index in [-0.39, 0.29) is 0 Å². The molecule has 1 aliphatic heterocycles. The van der Waals surface area contributed by atoms with Gasteiger partial charge in [-0.1, -0.05) is 13.8 Å². The third kappa shape index (κ3) is 2.08. The molecule has 0 spiro atoms. The van der Waals surface area contributed by atoms with Crippen LogP contribution in [0, 0.1) is 11.8 Å². The van der Waals surface area contributed by atoms with Crippen molar-refractivity contribution in [3.05, 3.63) is 0 Å². The Hall–Kier alpha value is 0.690. The maximum Gasteiger partial charge on any atom is 0.0201 e. The molecule has 54 valence electrons. The molecule has 0 N–H and O–H groups in total. The van der Waals surface area contributed by atoms with Crippen LogP contribution in [0.4, 0.5) is 0 Å². The molecule has 9 heavy (non-hydrogen) atoms. The molecule has 0 aromatic rings. The third-order valence-corrected chi connectivity index (χ3v) is 2.99. The molecular formula is C7H14IN. The van der Waals surface area contributed by atoms with Crippen molar-refractivity contribution in [3.63, 3.8) is 0 Å². The molecule has 1 rings (SSSR count). The van der Waals surface area contributed by atoms with Crippen molar-refractivity contribution in [1.29, 1.82) is 0 Å². The zero-order valence-corrected chi connectivity index (χ0v) is 8.26. The second kappa shape index (κ2) is 3.19. The first kappa shape index (κ1) is 7.79. The molecule has 0 bridgehead atoms. The average Bonchev–Trinajstić information content (AvgIpc) is 2.14. The van der Waals surface area contributed by atoms with Gasteiger partial charge in [0, 0.05) is 36.0 Å². The Balaban J connectivity index is 2.30. The number of rotatable bonds is 1. The first-order chi connectivity index (χ1) is 4.20. The molecule has 1 fully saturated rings. The van der Waals surface area contributed by atoms with Crippen molar-refractivity contribution < 1.29 is 0 Å². The van der Waals surface area contributed by atoms with Crippen molar-refractivity contribution in [2.75, 3.05) is 13.1 Å². The minimum Gasteiger partial charge on any atom is -0.247 e. The SMILES string of the molecule is CC(C)[C@@H]1CCN(I)C1. The van der Waals surface area contributed by atoms with Gasteiger partial charge in [0.1, 0.15) is 0 Å². The van der Waals surface area contributed by atoms with Crippen molar-refractivity contribution in [2.45, 2.75) is 20.3 Å². The summed E-state index contributed by atoms with van der Waals surface area (Å²) >= 11 is 2.41. The van der Waals surface area contributed by atoms with Gasteiger partial charge in [0.2, 0.25) is 0 Å². The first-order valence-electron chi connectivity index (χ1n) is 3.61. The minimum atomic E-state index is 0.879. The van der Waals surface area contributed by atoms with Crippen molar-refractivity contribution in [1.82, 2.24) is 3.11 Å². The first-order valence-corrected chi connectivity index (χ1v) is 4.57. The Morgan fingerprint density at radius 3 is 2.44 bits per heavy atom. The standard InChI is InChI=1S/C7H14IN/c1-6(2)7-3-4-9(8)5-7/h6-7H,3-5H2,1-2H3/t7-/m1/s1. The molecule has 0 aliphatic carbocycles. The van der Waals surface area contributed by atoms with Gasteiger partial charge in [-0.2, -0.15) is 0 Å². The lowest BCUT2D eigenvalue weighted by Gasteiger charge is -2.12. The van der Waals surface area contributed by atoms with Gasteiger partial charge in [-0.15, -0.1) is 0 Å². The summed E-state index contributed by atoms with van der Waals surface area (Å²) in [5, 5.41) is 0. The summed E-state index contributed by atoms with van der Waals surface area (Å²) in [6.07, 6.45) is 1.40. The van der Waals surface area contributed by atoms with Gasteiger partial charge in [-0.25, -0.2) is 3.11 Å². The van der Waals surface area contributed by atoms with Gasteiger partial charge in [0.25, 0.3) is 0 Å². The maximum absolute atomic E-state index is 2.41. The van der Waals surface area contributed by atoms with Crippen LogP contribution in [-0.4, -0.2) is 16.2 Å². The maximum atomic E-state index is 2.41. The highest BCUT2D eigenvalue weighted by Gasteiger charge is 2.22. The van der Waals surface area contributed by atoms with Crippen LogP contribution in [0.3, 0.4) is 0 Å². The Bertz CT molecular complexity index is 92.9. The quantitative estimate of drug-likeness (QED) is 0.501. The van der Waals surface area contributed by atoms with Crippen LogP contribution < -0.4 is 0 Å². The molecule has 0 unspecified atom stereocenters. The predicted molar refractivity (Wildman–Crippen MR) is 48.5 cm³/mol. The van der Waals surface area contributed by atoms with E-state index in [1.165, 1.54) is 19.5 Å². The largest absolute Gasteiger partial charge is 0.247 e. The van der Waals surface area contributed by atoms with Crippen LogP contribution in [0.25, 0.3) is 0 Å². The molecular weight excluding hydrogens is 225 g/mol. The summed E-state index contributed by atoms with van der Waals surface area (Å²) in [4.78, 5) is 0. The Labute approximate surface area is 71.3 Å². The van der Waals surface area contributed by atoms with Gasteiger partial charge in [-0.3, -0.25) is 0 Å². The molecule has 0 aromatic heterocycles. The van der Waals surface area contributed by atoms with Crippen molar-refractivity contribution in [2.24, 2.45) is 11.8 Å². The highest BCUT2D eigenvalue weighted by atomic mass is 127. The van der Waals surface area contributed by atoms with E-state index in [1.54, 1.807) is 0 Å². The molecule has 1 heterocycles. The van der Waals surface area contributed by atoms with Gasteiger partial charge < -0.3 is 0 Å². The fourth-order valence-electron chi connectivity index (χ4n) is 1.29. The highest BCUT2D eigenvalue weighted by molar-refractivity contribution is 14.1. The zero-order chi connectivity index (χ0) is 6.85. The second-order valence-corrected chi connectivity index (χ2v) is 4.53. The molecule has 1 saturated heterocycles. The summed E-state index contributed by atoms with van der Waals surface area (Å²) in [5.41, 5.74) is 0. The van der Waals surface area contributed by atoms with Gasteiger partial charge in [0.15, 0.2) is 0 Å². The summed E-state index contributed by atoms with van der Waals surface area (Å²) in [6.45, 7) is 7.24. The van der Waals surface area contributed by atoms with Crippen molar-refractivity contribution >= 4 is 22.9 Å².